The molecule has 9 heteroatoms. The van der Waals surface area contributed by atoms with Crippen molar-refractivity contribution in [3.05, 3.63) is 48.0 Å². The molecule has 1 fully saturated rings. The molecule has 2 aliphatic heterocycles. The fraction of sp³-hybridized carbons (Fsp3) is 0.409. The number of likely N-dealkylation sites (tertiary alicyclic amines) is 1. The first-order chi connectivity index (χ1) is 15.0. The van der Waals surface area contributed by atoms with Gasteiger partial charge in [-0.25, -0.2) is 13.1 Å². The molecule has 166 valence electrons. The average Bonchev–Trinajstić information content (AvgIpc) is 2.82. The highest BCUT2D eigenvalue weighted by atomic mass is 32.2. The SMILES string of the molecule is COc1ccc(CNS(=O)(=O)c2ccc3c(c2)OCC(C(=O)N2CCCCC2)O3)cc1. The topological polar surface area (TPSA) is 94.2 Å². The summed E-state index contributed by atoms with van der Waals surface area (Å²) in [5, 5.41) is 0. The zero-order valence-corrected chi connectivity index (χ0v) is 18.2. The number of hydrogen-bond acceptors (Lipinski definition) is 6. The van der Waals surface area contributed by atoms with Gasteiger partial charge in [0.25, 0.3) is 5.91 Å². The van der Waals surface area contributed by atoms with Gasteiger partial charge in [-0.3, -0.25) is 4.79 Å². The van der Waals surface area contributed by atoms with Crippen LogP contribution in [0.1, 0.15) is 24.8 Å². The van der Waals surface area contributed by atoms with Crippen LogP contribution in [0.15, 0.2) is 47.4 Å². The van der Waals surface area contributed by atoms with Crippen LogP contribution < -0.4 is 18.9 Å². The number of hydrogen-bond donors (Lipinski definition) is 1. The van der Waals surface area contributed by atoms with Crippen molar-refractivity contribution in [1.29, 1.82) is 0 Å². The molecule has 0 spiro atoms. The standard InChI is InChI=1S/C22H26N2O6S/c1-28-17-7-5-16(6-8-17)14-23-31(26,27)18-9-10-19-20(13-18)29-15-21(30-19)22(25)24-11-3-2-4-12-24/h5-10,13,21,23H,2-4,11-12,14-15H2,1H3. The number of methoxy groups -OCH3 is 1. The van der Waals surface area contributed by atoms with Crippen molar-refractivity contribution in [2.24, 2.45) is 0 Å². The van der Waals surface area contributed by atoms with Crippen LogP contribution >= 0.6 is 0 Å². The molecular formula is C22H26N2O6S. The molecule has 1 N–H and O–H groups in total. The minimum atomic E-state index is -3.75. The van der Waals surface area contributed by atoms with E-state index < -0.39 is 16.1 Å². The maximum atomic E-state index is 12.7. The first kappa shape index (κ1) is 21.5. The lowest BCUT2D eigenvalue weighted by molar-refractivity contribution is -0.142. The van der Waals surface area contributed by atoms with Gasteiger partial charge in [0, 0.05) is 25.7 Å². The lowest BCUT2D eigenvalue weighted by Gasteiger charge is -2.32. The molecule has 1 unspecified atom stereocenters. The van der Waals surface area contributed by atoms with Crippen molar-refractivity contribution in [2.45, 2.75) is 36.8 Å². The van der Waals surface area contributed by atoms with Crippen molar-refractivity contribution >= 4 is 15.9 Å². The highest BCUT2D eigenvalue weighted by Crippen LogP contribution is 2.34. The molecule has 31 heavy (non-hydrogen) atoms. The van der Waals surface area contributed by atoms with Crippen molar-refractivity contribution in [3.8, 4) is 17.2 Å². The molecule has 0 aliphatic carbocycles. The van der Waals surface area contributed by atoms with E-state index in [0.717, 1.165) is 37.9 Å². The summed E-state index contributed by atoms with van der Waals surface area (Å²) >= 11 is 0. The van der Waals surface area contributed by atoms with Crippen LogP contribution in [0.3, 0.4) is 0 Å². The van der Waals surface area contributed by atoms with E-state index in [0.29, 0.717) is 17.2 Å². The number of carbonyl (C=O) groups is 1. The van der Waals surface area contributed by atoms with E-state index in [1.807, 2.05) is 4.90 Å². The van der Waals surface area contributed by atoms with E-state index in [1.54, 1.807) is 31.4 Å². The predicted molar refractivity (Wildman–Crippen MR) is 114 cm³/mol. The van der Waals surface area contributed by atoms with Crippen LogP contribution in [0, 0.1) is 0 Å². The fourth-order valence-corrected chi connectivity index (χ4v) is 4.70. The summed E-state index contributed by atoms with van der Waals surface area (Å²) in [7, 11) is -2.17. The first-order valence-electron chi connectivity index (χ1n) is 10.3. The van der Waals surface area contributed by atoms with E-state index in [4.69, 9.17) is 14.2 Å². The van der Waals surface area contributed by atoms with E-state index in [1.165, 1.54) is 18.2 Å². The van der Waals surface area contributed by atoms with Gasteiger partial charge in [0.2, 0.25) is 16.1 Å². The predicted octanol–water partition coefficient (Wildman–Crippen LogP) is 2.33. The molecule has 8 nitrogen and oxygen atoms in total. The number of sulfonamides is 1. The van der Waals surface area contributed by atoms with Crippen LogP contribution in [0.2, 0.25) is 0 Å². The second kappa shape index (κ2) is 9.15. The number of benzene rings is 2. The van der Waals surface area contributed by atoms with Gasteiger partial charge >= 0.3 is 0 Å². The molecule has 2 heterocycles. The van der Waals surface area contributed by atoms with Crippen LogP contribution in [0.4, 0.5) is 0 Å². The van der Waals surface area contributed by atoms with Gasteiger partial charge < -0.3 is 19.1 Å². The molecular weight excluding hydrogens is 420 g/mol. The van der Waals surface area contributed by atoms with Crippen molar-refractivity contribution in [1.82, 2.24) is 9.62 Å². The second-order valence-corrected chi connectivity index (χ2v) is 9.35. The number of carbonyl (C=O) groups excluding carboxylic acids is 1. The Bertz CT molecular complexity index is 1030. The summed E-state index contributed by atoms with van der Waals surface area (Å²) in [6, 6.07) is 11.5. The molecule has 2 aliphatic rings. The summed E-state index contributed by atoms with van der Waals surface area (Å²) in [4.78, 5) is 14.5. The number of nitrogens with one attached hydrogen (secondary N) is 1. The van der Waals surface area contributed by atoms with E-state index in [2.05, 4.69) is 4.72 Å². The van der Waals surface area contributed by atoms with E-state index >= 15 is 0 Å². The third kappa shape index (κ3) is 4.94. The van der Waals surface area contributed by atoms with E-state index in [-0.39, 0.29) is 24.0 Å². The van der Waals surface area contributed by atoms with Crippen molar-refractivity contribution in [3.63, 3.8) is 0 Å². The van der Waals surface area contributed by atoms with Gasteiger partial charge in [0.05, 0.1) is 12.0 Å². The third-order valence-corrected chi connectivity index (χ3v) is 6.85. The van der Waals surface area contributed by atoms with Gasteiger partial charge in [-0.05, 0) is 49.1 Å². The number of ether oxygens (including phenoxy) is 3. The maximum Gasteiger partial charge on any atom is 0.267 e. The monoisotopic (exact) mass is 446 g/mol. The van der Waals surface area contributed by atoms with Gasteiger partial charge in [0.15, 0.2) is 11.5 Å². The highest BCUT2D eigenvalue weighted by Gasteiger charge is 2.32. The van der Waals surface area contributed by atoms with Gasteiger partial charge in [0.1, 0.15) is 12.4 Å². The molecule has 1 atom stereocenters. The molecule has 0 bridgehead atoms. The Kier molecular flexibility index (Phi) is 6.33. The smallest absolute Gasteiger partial charge is 0.267 e. The normalized spacial score (nSPS) is 18.5. The molecule has 1 saturated heterocycles. The zero-order chi connectivity index (χ0) is 21.8. The number of nitrogens with zero attached hydrogens (tertiary/aromatic N) is 1. The molecule has 1 amide bonds. The van der Waals surface area contributed by atoms with Crippen molar-refractivity contribution < 1.29 is 27.4 Å². The summed E-state index contributed by atoms with van der Waals surface area (Å²) < 4.78 is 44.6. The minimum Gasteiger partial charge on any atom is -0.497 e. The quantitative estimate of drug-likeness (QED) is 0.732. The molecule has 0 radical (unpaired) electrons. The molecule has 4 rings (SSSR count). The Morgan fingerprint density at radius 2 is 1.84 bits per heavy atom. The largest absolute Gasteiger partial charge is 0.497 e. The number of fused-ring (bicyclic) bond motifs is 1. The van der Waals surface area contributed by atoms with Gasteiger partial charge in [-0.1, -0.05) is 12.1 Å². The second-order valence-electron chi connectivity index (χ2n) is 7.58. The van der Waals surface area contributed by atoms with Gasteiger partial charge in [-0.2, -0.15) is 0 Å². The van der Waals surface area contributed by atoms with Gasteiger partial charge in [-0.15, -0.1) is 0 Å². The zero-order valence-electron chi connectivity index (χ0n) is 17.4. The lowest BCUT2D eigenvalue weighted by Crippen LogP contribution is -2.48. The summed E-state index contributed by atoms with van der Waals surface area (Å²) in [6.45, 7) is 1.68. The summed E-state index contributed by atoms with van der Waals surface area (Å²) in [5.74, 6) is 1.31. The maximum absolute atomic E-state index is 12.7. The fourth-order valence-electron chi connectivity index (χ4n) is 3.66. The van der Waals surface area contributed by atoms with E-state index in [9.17, 15) is 13.2 Å². The number of amides is 1. The molecule has 2 aromatic rings. The Morgan fingerprint density at radius 1 is 1.10 bits per heavy atom. The highest BCUT2D eigenvalue weighted by molar-refractivity contribution is 7.89. The summed E-state index contributed by atoms with van der Waals surface area (Å²) in [5.41, 5.74) is 0.806. The van der Waals surface area contributed by atoms with Crippen LogP contribution in [0.25, 0.3) is 0 Å². The Labute approximate surface area is 182 Å². The Hall–Kier alpha value is -2.78. The van der Waals surface area contributed by atoms with Crippen LogP contribution in [-0.2, 0) is 21.4 Å². The van der Waals surface area contributed by atoms with Crippen molar-refractivity contribution in [2.75, 3.05) is 26.8 Å². The molecule has 0 aromatic heterocycles. The Balaban J connectivity index is 1.41. The number of piperidine rings is 1. The summed E-state index contributed by atoms with van der Waals surface area (Å²) in [6.07, 6.45) is 2.43. The lowest BCUT2D eigenvalue weighted by atomic mass is 10.1. The third-order valence-electron chi connectivity index (χ3n) is 5.45. The van der Waals surface area contributed by atoms with Crippen LogP contribution in [-0.4, -0.2) is 52.1 Å². The Morgan fingerprint density at radius 3 is 2.55 bits per heavy atom. The average molecular weight is 447 g/mol. The first-order valence-corrected chi connectivity index (χ1v) is 11.8. The molecule has 0 saturated carbocycles. The number of rotatable bonds is 6. The van der Waals surface area contributed by atoms with Crippen LogP contribution in [0.5, 0.6) is 17.2 Å². The minimum absolute atomic E-state index is 0.0606. The molecule has 2 aromatic carbocycles.